The van der Waals surface area contributed by atoms with E-state index in [4.69, 9.17) is 0 Å². The number of nitrogens with one attached hydrogen (secondary N) is 1. The fraction of sp³-hybridized carbons (Fsp3) is 0.250. The lowest BCUT2D eigenvalue weighted by Crippen LogP contribution is -2.31. The third-order valence-corrected chi connectivity index (χ3v) is 6.59. The Hall–Kier alpha value is -1.97. The van der Waals surface area contributed by atoms with Crippen LogP contribution in [0.3, 0.4) is 0 Å². The molecule has 0 radical (unpaired) electrons. The zero-order chi connectivity index (χ0) is 18.2. The van der Waals surface area contributed by atoms with E-state index in [1.54, 1.807) is 24.8 Å². The van der Waals surface area contributed by atoms with Crippen LogP contribution in [-0.2, 0) is 10.0 Å². The fourth-order valence-corrected chi connectivity index (χ4v) is 5.07. The van der Waals surface area contributed by atoms with Crippen molar-refractivity contribution in [2.24, 2.45) is 0 Å². The molecule has 25 heavy (non-hydrogen) atoms. The number of nitro groups is 1. The van der Waals surface area contributed by atoms with Gasteiger partial charge in [0.05, 0.1) is 9.82 Å². The molecule has 1 unspecified atom stereocenters. The van der Waals surface area contributed by atoms with Crippen LogP contribution in [0.1, 0.15) is 23.6 Å². The molecule has 3 rings (SSSR count). The Morgan fingerprint density at radius 3 is 2.76 bits per heavy atom. The van der Waals surface area contributed by atoms with Crippen LogP contribution in [0.2, 0.25) is 0 Å². The highest BCUT2D eigenvalue weighted by Crippen LogP contribution is 2.37. The highest BCUT2D eigenvalue weighted by atomic mass is 32.2. The molecule has 2 aromatic carbocycles. The summed E-state index contributed by atoms with van der Waals surface area (Å²) in [5, 5.41) is 11.0. The minimum Gasteiger partial charge on any atom is -0.258 e. The average Bonchev–Trinajstić information content (AvgIpc) is 2.55. The molecule has 0 aromatic heterocycles. The van der Waals surface area contributed by atoms with Gasteiger partial charge in [0.25, 0.3) is 5.69 Å². The minimum atomic E-state index is -3.97. The summed E-state index contributed by atoms with van der Waals surface area (Å²) in [6, 6.07) is 7.50. The van der Waals surface area contributed by atoms with E-state index >= 15 is 0 Å². The van der Waals surface area contributed by atoms with Crippen LogP contribution >= 0.6 is 11.8 Å². The van der Waals surface area contributed by atoms with Gasteiger partial charge in [-0.2, -0.15) is 0 Å². The molecular formula is C16H15FN2O4S2. The molecule has 2 aromatic rings. The average molecular weight is 382 g/mol. The molecule has 6 nitrogen and oxygen atoms in total. The smallest absolute Gasteiger partial charge is 0.258 e. The first-order valence-corrected chi connectivity index (χ1v) is 9.94. The van der Waals surface area contributed by atoms with E-state index in [1.807, 2.05) is 0 Å². The number of nitrogens with zero attached hydrogens (tertiary/aromatic N) is 1. The number of halogens is 1. The van der Waals surface area contributed by atoms with Gasteiger partial charge in [0.15, 0.2) is 0 Å². The van der Waals surface area contributed by atoms with Crippen molar-refractivity contribution in [1.82, 2.24) is 4.72 Å². The van der Waals surface area contributed by atoms with Gasteiger partial charge in [-0.25, -0.2) is 17.5 Å². The zero-order valence-electron chi connectivity index (χ0n) is 13.2. The van der Waals surface area contributed by atoms with E-state index < -0.39 is 26.8 Å². The predicted molar refractivity (Wildman–Crippen MR) is 92.6 cm³/mol. The van der Waals surface area contributed by atoms with Crippen LogP contribution in [0.4, 0.5) is 10.1 Å². The first kappa shape index (κ1) is 17.8. The molecule has 1 aliphatic rings. The number of hydrogen-bond acceptors (Lipinski definition) is 5. The summed E-state index contributed by atoms with van der Waals surface area (Å²) in [6.07, 6.45) is 0.508. The summed E-state index contributed by atoms with van der Waals surface area (Å²) in [5.74, 6) is 0.260. The van der Waals surface area contributed by atoms with Crippen molar-refractivity contribution in [3.8, 4) is 0 Å². The quantitative estimate of drug-likeness (QED) is 0.645. The second kappa shape index (κ2) is 6.74. The number of thioether (sulfide) groups is 1. The summed E-state index contributed by atoms with van der Waals surface area (Å²) >= 11 is 1.54. The van der Waals surface area contributed by atoms with E-state index in [1.165, 1.54) is 24.3 Å². The van der Waals surface area contributed by atoms with Crippen molar-refractivity contribution in [2.75, 3.05) is 5.75 Å². The van der Waals surface area contributed by atoms with Crippen molar-refractivity contribution in [2.45, 2.75) is 29.2 Å². The van der Waals surface area contributed by atoms with Crippen molar-refractivity contribution < 1.29 is 17.7 Å². The minimum absolute atomic E-state index is 0.180. The number of benzene rings is 2. The molecule has 9 heteroatoms. The van der Waals surface area contributed by atoms with E-state index in [0.29, 0.717) is 23.3 Å². The Labute approximate surface area is 148 Å². The largest absolute Gasteiger partial charge is 0.273 e. The highest BCUT2D eigenvalue weighted by molar-refractivity contribution is 7.99. The maximum atomic E-state index is 13.5. The summed E-state index contributed by atoms with van der Waals surface area (Å²) in [5.41, 5.74) is 0.709. The fourth-order valence-electron chi connectivity index (χ4n) is 2.70. The lowest BCUT2D eigenvalue weighted by atomic mass is 10.0. The molecule has 1 N–H and O–H groups in total. The lowest BCUT2D eigenvalue weighted by Gasteiger charge is -2.25. The molecular weight excluding hydrogens is 367 g/mol. The first-order valence-electron chi connectivity index (χ1n) is 7.47. The van der Waals surface area contributed by atoms with Crippen LogP contribution in [0, 0.1) is 22.9 Å². The van der Waals surface area contributed by atoms with Crippen molar-refractivity contribution >= 4 is 27.5 Å². The van der Waals surface area contributed by atoms with Gasteiger partial charge >= 0.3 is 0 Å². The van der Waals surface area contributed by atoms with Crippen LogP contribution in [0.15, 0.2) is 46.2 Å². The number of aryl methyl sites for hydroxylation is 1. The number of rotatable bonds is 4. The van der Waals surface area contributed by atoms with E-state index in [9.17, 15) is 22.9 Å². The molecule has 0 bridgehead atoms. The number of sulfonamides is 1. The number of hydrogen-bond donors (Lipinski definition) is 1. The molecule has 0 saturated carbocycles. The van der Waals surface area contributed by atoms with Crippen LogP contribution < -0.4 is 4.72 Å². The normalized spacial score (nSPS) is 17.1. The van der Waals surface area contributed by atoms with E-state index in [0.717, 1.165) is 11.0 Å². The SMILES string of the molecule is Cc1ccc(S(=O)(=O)NC2CCSc3ccc(F)cc32)cc1[N+](=O)[O-]. The lowest BCUT2D eigenvalue weighted by molar-refractivity contribution is -0.385. The van der Waals surface area contributed by atoms with Gasteiger partial charge in [-0.3, -0.25) is 10.1 Å². The molecule has 1 heterocycles. The van der Waals surface area contributed by atoms with Crippen molar-refractivity contribution in [3.05, 3.63) is 63.5 Å². The molecule has 0 fully saturated rings. The number of nitro benzene ring substituents is 1. The van der Waals surface area contributed by atoms with E-state index in [2.05, 4.69) is 4.72 Å². The molecule has 132 valence electrons. The van der Waals surface area contributed by atoms with E-state index in [-0.39, 0.29) is 10.6 Å². The Kier molecular flexibility index (Phi) is 4.81. The highest BCUT2D eigenvalue weighted by Gasteiger charge is 2.28. The second-order valence-electron chi connectivity index (χ2n) is 5.70. The maximum absolute atomic E-state index is 13.5. The van der Waals surface area contributed by atoms with Crippen LogP contribution in [-0.4, -0.2) is 19.1 Å². The second-order valence-corrected chi connectivity index (χ2v) is 8.55. The van der Waals surface area contributed by atoms with Gasteiger partial charge in [0.2, 0.25) is 10.0 Å². The van der Waals surface area contributed by atoms with Crippen molar-refractivity contribution in [3.63, 3.8) is 0 Å². The van der Waals surface area contributed by atoms with Gasteiger partial charge in [0, 0.05) is 22.6 Å². The Morgan fingerprint density at radius 1 is 1.28 bits per heavy atom. The Balaban J connectivity index is 1.95. The molecule has 0 spiro atoms. The van der Waals surface area contributed by atoms with Gasteiger partial charge in [-0.15, -0.1) is 11.8 Å². The van der Waals surface area contributed by atoms with Gasteiger partial charge < -0.3 is 0 Å². The third kappa shape index (κ3) is 3.68. The molecule has 0 amide bonds. The molecule has 1 atom stereocenters. The number of fused-ring (bicyclic) bond motifs is 1. The van der Waals surface area contributed by atoms with Crippen LogP contribution in [0.5, 0.6) is 0 Å². The molecule has 0 aliphatic carbocycles. The standard InChI is InChI=1S/C16H15FN2O4S2/c1-10-2-4-12(9-15(10)19(20)21)25(22,23)18-14-6-7-24-16-5-3-11(17)8-13(14)16/h2-5,8-9,14,18H,6-7H2,1H3. The Morgan fingerprint density at radius 2 is 2.04 bits per heavy atom. The summed E-state index contributed by atoms with van der Waals surface area (Å²) in [4.78, 5) is 11.1. The monoisotopic (exact) mass is 382 g/mol. The first-order chi connectivity index (χ1) is 11.8. The predicted octanol–water partition coefficient (Wildman–Crippen LogP) is 3.56. The van der Waals surface area contributed by atoms with Gasteiger partial charge in [-0.05, 0) is 48.9 Å². The summed E-state index contributed by atoms with van der Waals surface area (Å²) in [6.45, 7) is 1.54. The topological polar surface area (TPSA) is 89.3 Å². The van der Waals surface area contributed by atoms with Gasteiger partial charge in [-0.1, -0.05) is 6.07 Å². The zero-order valence-corrected chi connectivity index (χ0v) is 14.9. The molecule has 1 aliphatic heterocycles. The van der Waals surface area contributed by atoms with Gasteiger partial charge in [0.1, 0.15) is 5.82 Å². The molecule has 0 saturated heterocycles. The summed E-state index contributed by atoms with van der Waals surface area (Å²) < 4.78 is 41.4. The Bertz CT molecular complexity index is 947. The third-order valence-electron chi connectivity index (χ3n) is 4.00. The summed E-state index contributed by atoms with van der Waals surface area (Å²) in [7, 11) is -3.97. The maximum Gasteiger partial charge on any atom is 0.273 e. The van der Waals surface area contributed by atoms with Crippen molar-refractivity contribution in [1.29, 1.82) is 0 Å². The van der Waals surface area contributed by atoms with Crippen LogP contribution in [0.25, 0.3) is 0 Å².